The van der Waals surface area contributed by atoms with E-state index in [-0.39, 0.29) is 5.91 Å². The minimum atomic E-state index is 0.141. The fourth-order valence-corrected chi connectivity index (χ4v) is 3.68. The number of benzene rings is 1. The van der Waals surface area contributed by atoms with Crippen LogP contribution in [0.1, 0.15) is 18.9 Å². The molecular formula is C14H17NOSe. The van der Waals surface area contributed by atoms with Crippen molar-refractivity contribution in [2.75, 3.05) is 6.54 Å². The molecule has 3 heteroatoms. The van der Waals surface area contributed by atoms with Crippen LogP contribution in [0.4, 0.5) is 0 Å². The summed E-state index contributed by atoms with van der Waals surface area (Å²) < 4.78 is 1.42. The third-order valence-corrected chi connectivity index (χ3v) is 5.07. The molecule has 1 aromatic carbocycles. The number of hydrogen-bond donors (Lipinski definition) is 1. The molecule has 17 heavy (non-hydrogen) atoms. The van der Waals surface area contributed by atoms with Crippen molar-refractivity contribution >= 4 is 25.3 Å². The Balaban J connectivity index is 1.86. The van der Waals surface area contributed by atoms with Crippen molar-refractivity contribution in [2.24, 2.45) is 0 Å². The molecule has 1 aromatic rings. The quantitative estimate of drug-likeness (QED) is 0.839. The first kappa shape index (κ1) is 12.4. The van der Waals surface area contributed by atoms with E-state index in [1.54, 1.807) is 0 Å². The average Bonchev–Trinajstić information content (AvgIpc) is 2.63. The van der Waals surface area contributed by atoms with Crippen LogP contribution in [0.2, 0.25) is 5.32 Å². The number of hydrogen-bond acceptors (Lipinski definition) is 1. The van der Waals surface area contributed by atoms with E-state index in [0.29, 0.717) is 15.0 Å². The van der Waals surface area contributed by atoms with Crippen molar-refractivity contribution in [3.05, 3.63) is 41.0 Å². The number of carbonyl (C=O) groups excluding carboxylic acids is 1. The maximum atomic E-state index is 11.5. The molecule has 1 aliphatic rings. The van der Waals surface area contributed by atoms with Gasteiger partial charge in [-0.05, 0) is 0 Å². The van der Waals surface area contributed by atoms with E-state index in [9.17, 15) is 4.79 Å². The molecular weight excluding hydrogens is 277 g/mol. The molecule has 90 valence electrons. The molecule has 0 atom stereocenters. The molecule has 1 heterocycles. The van der Waals surface area contributed by atoms with Gasteiger partial charge in [-0.1, -0.05) is 0 Å². The Morgan fingerprint density at radius 3 is 2.53 bits per heavy atom. The zero-order valence-electron chi connectivity index (χ0n) is 10.2. The Morgan fingerprint density at radius 1 is 1.24 bits per heavy atom. The van der Waals surface area contributed by atoms with Crippen LogP contribution in [0.5, 0.6) is 0 Å². The molecule has 1 amide bonds. The molecule has 2 nitrogen and oxygen atoms in total. The fraction of sp³-hybridized carbons (Fsp3) is 0.357. The molecule has 0 aliphatic carbocycles. The number of carbonyl (C=O) groups is 1. The maximum absolute atomic E-state index is 11.5. The average molecular weight is 294 g/mol. The second-order valence-corrected chi connectivity index (χ2v) is 6.80. The topological polar surface area (TPSA) is 29.1 Å². The second-order valence-electron chi connectivity index (χ2n) is 4.35. The van der Waals surface area contributed by atoms with E-state index in [1.165, 1.54) is 15.6 Å². The summed E-state index contributed by atoms with van der Waals surface area (Å²) in [5.41, 5.74) is 3.53. The number of amides is 1. The van der Waals surface area contributed by atoms with Gasteiger partial charge in [-0.15, -0.1) is 0 Å². The fourth-order valence-electron chi connectivity index (χ4n) is 1.85. The first-order valence-corrected chi connectivity index (χ1v) is 7.90. The van der Waals surface area contributed by atoms with E-state index in [1.807, 2.05) is 6.92 Å². The molecule has 0 fully saturated rings. The van der Waals surface area contributed by atoms with Crippen LogP contribution in [-0.2, 0) is 4.79 Å². The Kier molecular flexibility index (Phi) is 4.03. The van der Waals surface area contributed by atoms with E-state index < -0.39 is 0 Å². The molecule has 1 N–H and O–H groups in total. The number of nitrogens with one attached hydrogen (secondary N) is 1. The van der Waals surface area contributed by atoms with Crippen molar-refractivity contribution < 1.29 is 4.79 Å². The summed E-state index contributed by atoms with van der Waals surface area (Å²) in [6, 6.07) is 8.71. The predicted molar refractivity (Wildman–Crippen MR) is 71.7 cm³/mol. The molecule has 0 spiro atoms. The summed E-state index contributed by atoms with van der Waals surface area (Å²) in [5, 5.41) is 3.98. The van der Waals surface area contributed by atoms with E-state index >= 15 is 0 Å². The molecule has 0 saturated heterocycles. The van der Waals surface area contributed by atoms with Gasteiger partial charge in [0.05, 0.1) is 0 Å². The Labute approximate surface area is 109 Å². The standard InChI is InChI=1S/C14H17NOSe/c1-10-3-5-12(6-4-10)17-8-7-13-11(2)9-15-14(13)16/h3-6H,7-9H2,1-2H3,(H,15,16). The summed E-state index contributed by atoms with van der Waals surface area (Å²) >= 11 is 0.476. The van der Waals surface area contributed by atoms with E-state index in [2.05, 4.69) is 36.5 Å². The molecule has 0 saturated carbocycles. The molecule has 0 radical (unpaired) electrons. The SMILES string of the molecule is CC1=C(CC[Se]c2ccc(C)cc2)C(=O)NC1. The second kappa shape index (κ2) is 5.52. The van der Waals surface area contributed by atoms with Gasteiger partial charge in [-0.2, -0.15) is 0 Å². The number of aryl methyl sites for hydroxylation is 1. The third kappa shape index (κ3) is 3.21. The van der Waals surface area contributed by atoms with Crippen molar-refractivity contribution in [3.63, 3.8) is 0 Å². The Hall–Kier alpha value is -1.05. The van der Waals surface area contributed by atoms with Crippen LogP contribution in [0.15, 0.2) is 35.4 Å². The van der Waals surface area contributed by atoms with Crippen molar-refractivity contribution in [2.45, 2.75) is 25.6 Å². The van der Waals surface area contributed by atoms with Crippen molar-refractivity contribution in [3.8, 4) is 0 Å². The van der Waals surface area contributed by atoms with Crippen LogP contribution in [-0.4, -0.2) is 27.4 Å². The van der Waals surface area contributed by atoms with Crippen LogP contribution in [0, 0.1) is 6.92 Å². The Morgan fingerprint density at radius 2 is 1.94 bits per heavy atom. The summed E-state index contributed by atoms with van der Waals surface area (Å²) in [4.78, 5) is 11.5. The van der Waals surface area contributed by atoms with Gasteiger partial charge in [-0.25, -0.2) is 0 Å². The summed E-state index contributed by atoms with van der Waals surface area (Å²) in [6.45, 7) is 4.89. The normalized spacial score (nSPS) is 15.3. The van der Waals surface area contributed by atoms with Crippen LogP contribution >= 0.6 is 0 Å². The van der Waals surface area contributed by atoms with Gasteiger partial charge >= 0.3 is 109 Å². The van der Waals surface area contributed by atoms with Gasteiger partial charge < -0.3 is 0 Å². The third-order valence-electron chi connectivity index (χ3n) is 2.95. The van der Waals surface area contributed by atoms with Crippen LogP contribution < -0.4 is 9.78 Å². The van der Waals surface area contributed by atoms with Gasteiger partial charge in [-0.3, -0.25) is 0 Å². The molecule has 2 rings (SSSR count). The predicted octanol–water partition coefficient (Wildman–Crippen LogP) is 1.58. The molecule has 0 unspecified atom stereocenters. The van der Waals surface area contributed by atoms with Gasteiger partial charge in [0.2, 0.25) is 0 Å². The van der Waals surface area contributed by atoms with Crippen LogP contribution in [0.25, 0.3) is 0 Å². The molecule has 1 aliphatic heterocycles. The van der Waals surface area contributed by atoms with E-state index in [0.717, 1.165) is 23.9 Å². The minimum absolute atomic E-state index is 0.141. The zero-order chi connectivity index (χ0) is 12.3. The number of rotatable bonds is 4. The van der Waals surface area contributed by atoms with Gasteiger partial charge in [0.15, 0.2) is 0 Å². The summed E-state index contributed by atoms with van der Waals surface area (Å²) in [6.07, 6.45) is 0.922. The van der Waals surface area contributed by atoms with Crippen molar-refractivity contribution in [1.82, 2.24) is 5.32 Å². The first-order valence-electron chi connectivity index (χ1n) is 5.83. The van der Waals surface area contributed by atoms with Gasteiger partial charge in [0.1, 0.15) is 0 Å². The van der Waals surface area contributed by atoms with Crippen LogP contribution in [0.3, 0.4) is 0 Å². The van der Waals surface area contributed by atoms with Crippen molar-refractivity contribution in [1.29, 1.82) is 0 Å². The van der Waals surface area contributed by atoms with E-state index in [4.69, 9.17) is 0 Å². The Bertz CT molecular complexity index is 448. The molecule has 0 aromatic heterocycles. The van der Waals surface area contributed by atoms with Gasteiger partial charge in [0.25, 0.3) is 0 Å². The first-order chi connectivity index (χ1) is 8.16. The molecule has 0 bridgehead atoms. The monoisotopic (exact) mass is 295 g/mol. The summed E-state index contributed by atoms with van der Waals surface area (Å²) in [7, 11) is 0. The zero-order valence-corrected chi connectivity index (χ0v) is 12.0. The van der Waals surface area contributed by atoms with Gasteiger partial charge in [0, 0.05) is 0 Å². The summed E-state index contributed by atoms with van der Waals surface area (Å²) in [5.74, 6) is 0.141.